The van der Waals surface area contributed by atoms with Gasteiger partial charge in [0.25, 0.3) is 0 Å². The maximum absolute atomic E-state index is 4.77. The number of H-pyrrole nitrogens is 1. The minimum Gasteiger partial charge on any atom is -0.372 e. The lowest BCUT2D eigenvalue weighted by Crippen LogP contribution is -1.82. The molecule has 1 aromatic rings. The zero-order valence-corrected chi connectivity index (χ0v) is 7.65. The van der Waals surface area contributed by atoms with Crippen LogP contribution in [-0.2, 0) is 4.74 Å². The zero-order chi connectivity index (χ0) is 8.65. The monoisotopic (exact) mass is 182 g/mol. The molecule has 0 atom stereocenters. The van der Waals surface area contributed by atoms with Crippen molar-refractivity contribution < 1.29 is 4.74 Å². The summed E-state index contributed by atoms with van der Waals surface area (Å²) in [4.78, 5) is 7.02. The fraction of sp³-hybridized carbons (Fsp3) is 0.375. The summed E-state index contributed by atoms with van der Waals surface area (Å²) in [7, 11) is 1.63. The molecule has 0 unspecified atom stereocenters. The standard InChI is InChI=1S/C8H10N2OS/c1-11-6-2-3-7-12-8-9-4-5-10-8/h4-5H,6-7H2,1H3,(H,9,10). The van der Waals surface area contributed by atoms with Crippen LogP contribution in [0.25, 0.3) is 0 Å². The van der Waals surface area contributed by atoms with Crippen LogP contribution in [0.2, 0.25) is 0 Å². The molecule has 0 saturated carbocycles. The Morgan fingerprint density at radius 2 is 2.58 bits per heavy atom. The summed E-state index contributed by atoms with van der Waals surface area (Å²) < 4.78 is 4.77. The highest BCUT2D eigenvalue weighted by Crippen LogP contribution is 2.09. The molecule has 1 aromatic heterocycles. The Labute approximate surface area is 75.9 Å². The molecule has 0 saturated heterocycles. The van der Waals surface area contributed by atoms with Crippen molar-refractivity contribution in [1.29, 1.82) is 0 Å². The highest BCUT2D eigenvalue weighted by molar-refractivity contribution is 7.99. The number of rotatable bonds is 3. The van der Waals surface area contributed by atoms with Gasteiger partial charge in [-0.05, 0) is 0 Å². The van der Waals surface area contributed by atoms with Gasteiger partial charge in [-0.25, -0.2) is 4.98 Å². The van der Waals surface area contributed by atoms with Crippen LogP contribution in [0.4, 0.5) is 0 Å². The van der Waals surface area contributed by atoms with E-state index in [0.29, 0.717) is 6.61 Å². The maximum Gasteiger partial charge on any atom is 0.166 e. The second-order valence-corrected chi connectivity index (χ2v) is 2.93. The second kappa shape index (κ2) is 5.70. The number of aromatic nitrogens is 2. The number of hydrogen-bond acceptors (Lipinski definition) is 3. The van der Waals surface area contributed by atoms with E-state index in [-0.39, 0.29) is 0 Å². The van der Waals surface area contributed by atoms with Crippen molar-refractivity contribution in [3.63, 3.8) is 0 Å². The minimum absolute atomic E-state index is 0.499. The van der Waals surface area contributed by atoms with Gasteiger partial charge in [-0.15, -0.1) is 0 Å². The molecule has 0 aliphatic rings. The van der Waals surface area contributed by atoms with Gasteiger partial charge in [-0.1, -0.05) is 23.6 Å². The molecule has 64 valence electrons. The summed E-state index contributed by atoms with van der Waals surface area (Å²) in [6, 6.07) is 0. The first-order valence-corrected chi connectivity index (χ1v) is 4.49. The maximum atomic E-state index is 4.77. The first-order valence-electron chi connectivity index (χ1n) is 3.50. The first kappa shape index (κ1) is 9.17. The Morgan fingerprint density at radius 1 is 1.67 bits per heavy atom. The number of nitrogens with zero attached hydrogens (tertiary/aromatic N) is 1. The third-order valence-electron chi connectivity index (χ3n) is 1.10. The molecule has 0 aromatic carbocycles. The van der Waals surface area contributed by atoms with E-state index in [0.717, 1.165) is 10.9 Å². The number of ether oxygens (including phenoxy) is 1. The lowest BCUT2D eigenvalue weighted by atomic mass is 10.6. The SMILES string of the molecule is COCC#CCSc1ncc[nH]1. The Morgan fingerprint density at radius 3 is 3.25 bits per heavy atom. The van der Waals surface area contributed by atoms with Gasteiger partial charge in [0, 0.05) is 19.5 Å². The van der Waals surface area contributed by atoms with Gasteiger partial charge in [0.15, 0.2) is 5.16 Å². The highest BCUT2D eigenvalue weighted by atomic mass is 32.2. The van der Waals surface area contributed by atoms with Gasteiger partial charge in [-0.3, -0.25) is 0 Å². The van der Waals surface area contributed by atoms with Crippen molar-refractivity contribution in [3.05, 3.63) is 12.4 Å². The topological polar surface area (TPSA) is 37.9 Å². The number of aromatic amines is 1. The van der Waals surface area contributed by atoms with E-state index in [1.54, 1.807) is 31.3 Å². The molecule has 3 nitrogen and oxygen atoms in total. The van der Waals surface area contributed by atoms with E-state index in [1.165, 1.54) is 0 Å². The van der Waals surface area contributed by atoms with Crippen molar-refractivity contribution >= 4 is 11.8 Å². The molecular formula is C8H10N2OS. The normalized spacial score (nSPS) is 9.08. The third kappa shape index (κ3) is 3.46. The summed E-state index contributed by atoms with van der Waals surface area (Å²) in [6.07, 6.45) is 3.52. The van der Waals surface area contributed by atoms with E-state index >= 15 is 0 Å². The van der Waals surface area contributed by atoms with Crippen LogP contribution >= 0.6 is 11.8 Å². The van der Waals surface area contributed by atoms with Gasteiger partial charge in [-0.2, -0.15) is 0 Å². The minimum atomic E-state index is 0.499. The summed E-state index contributed by atoms with van der Waals surface area (Å²) >= 11 is 1.58. The largest absolute Gasteiger partial charge is 0.372 e. The molecule has 0 radical (unpaired) electrons. The van der Waals surface area contributed by atoms with E-state index in [4.69, 9.17) is 4.74 Å². The smallest absolute Gasteiger partial charge is 0.166 e. The molecule has 0 aliphatic heterocycles. The Kier molecular flexibility index (Phi) is 4.35. The number of hydrogen-bond donors (Lipinski definition) is 1. The fourth-order valence-electron chi connectivity index (χ4n) is 0.608. The van der Waals surface area contributed by atoms with Gasteiger partial charge >= 0.3 is 0 Å². The molecular weight excluding hydrogens is 172 g/mol. The van der Waals surface area contributed by atoms with E-state index in [1.807, 2.05) is 0 Å². The highest BCUT2D eigenvalue weighted by Gasteiger charge is 1.90. The van der Waals surface area contributed by atoms with E-state index in [9.17, 15) is 0 Å². The van der Waals surface area contributed by atoms with Crippen molar-refractivity contribution in [2.45, 2.75) is 5.16 Å². The van der Waals surface area contributed by atoms with Gasteiger partial charge < -0.3 is 9.72 Å². The van der Waals surface area contributed by atoms with E-state index in [2.05, 4.69) is 21.8 Å². The molecule has 1 N–H and O–H groups in total. The van der Waals surface area contributed by atoms with Gasteiger partial charge in [0.1, 0.15) is 6.61 Å². The molecule has 0 fully saturated rings. The van der Waals surface area contributed by atoms with Crippen LogP contribution in [0.15, 0.2) is 17.6 Å². The molecule has 12 heavy (non-hydrogen) atoms. The molecule has 0 bridgehead atoms. The van der Waals surface area contributed by atoms with Crippen LogP contribution in [-0.4, -0.2) is 29.4 Å². The summed E-state index contributed by atoms with van der Waals surface area (Å²) in [5.41, 5.74) is 0. The van der Waals surface area contributed by atoms with Crippen LogP contribution in [0.3, 0.4) is 0 Å². The van der Waals surface area contributed by atoms with Crippen molar-refractivity contribution in [2.24, 2.45) is 0 Å². The number of nitrogens with one attached hydrogen (secondary N) is 1. The summed E-state index contributed by atoms with van der Waals surface area (Å²) in [6.45, 7) is 0.499. The molecule has 0 spiro atoms. The molecule has 0 aliphatic carbocycles. The van der Waals surface area contributed by atoms with Crippen LogP contribution < -0.4 is 0 Å². The average molecular weight is 182 g/mol. The predicted octanol–water partition coefficient (Wildman–Crippen LogP) is 1.15. The number of methoxy groups -OCH3 is 1. The molecule has 1 rings (SSSR count). The number of imidazole rings is 1. The Balaban J connectivity index is 2.16. The summed E-state index contributed by atoms with van der Waals surface area (Å²) in [5.74, 6) is 6.56. The third-order valence-corrected chi connectivity index (χ3v) is 1.88. The number of thioether (sulfide) groups is 1. The second-order valence-electron chi connectivity index (χ2n) is 1.97. The van der Waals surface area contributed by atoms with Gasteiger partial charge in [0.2, 0.25) is 0 Å². The van der Waals surface area contributed by atoms with Crippen molar-refractivity contribution in [2.75, 3.05) is 19.5 Å². The van der Waals surface area contributed by atoms with Crippen LogP contribution in [0.5, 0.6) is 0 Å². The lowest BCUT2D eigenvalue weighted by Gasteiger charge is -1.87. The van der Waals surface area contributed by atoms with Crippen molar-refractivity contribution in [3.8, 4) is 11.8 Å². The Bertz CT molecular complexity index is 260. The first-order chi connectivity index (χ1) is 5.93. The van der Waals surface area contributed by atoms with Crippen LogP contribution in [0.1, 0.15) is 0 Å². The van der Waals surface area contributed by atoms with Crippen molar-refractivity contribution in [1.82, 2.24) is 9.97 Å². The Hall–Kier alpha value is -0.920. The average Bonchev–Trinajstić information content (AvgIpc) is 2.57. The predicted molar refractivity (Wildman–Crippen MR) is 49.0 cm³/mol. The van der Waals surface area contributed by atoms with Gasteiger partial charge in [0.05, 0.1) is 5.75 Å². The molecule has 1 heterocycles. The quantitative estimate of drug-likeness (QED) is 0.563. The molecule has 4 heteroatoms. The lowest BCUT2D eigenvalue weighted by molar-refractivity contribution is 0.240. The zero-order valence-electron chi connectivity index (χ0n) is 6.83. The van der Waals surface area contributed by atoms with E-state index < -0.39 is 0 Å². The summed E-state index contributed by atoms with van der Waals surface area (Å²) in [5, 5.41) is 0.904. The fourth-order valence-corrected chi connectivity index (χ4v) is 1.21. The molecule has 0 amide bonds. The van der Waals surface area contributed by atoms with Crippen LogP contribution in [0, 0.1) is 11.8 Å².